The van der Waals surface area contributed by atoms with E-state index in [4.69, 9.17) is 5.73 Å². The minimum atomic E-state index is -3.71. The van der Waals surface area contributed by atoms with Gasteiger partial charge in [-0.25, -0.2) is 8.42 Å². The quantitative estimate of drug-likeness (QED) is 0.729. The van der Waals surface area contributed by atoms with E-state index < -0.39 is 10.0 Å². The number of hydrogen-bond donors (Lipinski definition) is 3. The van der Waals surface area contributed by atoms with Gasteiger partial charge in [0.25, 0.3) is 10.0 Å². The second-order valence-electron chi connectivity index (χ2n) is 4.10. The highest BCUT2D eigenvalue weighted by molar-refractivity contribution is 7.92. The number of hydrogen-bond acceptors (Lipinski definition) is 4. The Bertz CT molecular complexity index is 755. The Labute approximate surface area is 117 Å². The first-order valence-electron chi connectivity index (χ1n) is 5.84. The fourth-order valence-corrected chi connectivity index (χ4v) is 2.82. The molecule has 7 heteroatoms. The maximum Gasteiger partial charge on any atom is 0.263 e. The molecule has 104 valence electrons. The van der Waals surface area contributed by atoms with E-state index in [9.17, 15) is 8.42 Å². The van der Waals surface area contributed by atoms with Crippen LogP contribution < -0.4 is 10.5 Å². The van der Waals surface area contributed by atoms with Gasteiger partial charge in [-0.3, -0.25) is 9.82 Å². The highest BCUT2D eigenvalue weighted by Gasteiger charge is 2.18. The first kappa shape index (κ1) is 14.1. The molecule has 0 aliphatic rings. The Hall–Kier alpha value is -2.30. The number of aromatic amines is 1. The van der Waals surface area contributed by atoms with Gasteiger partial charge in [0, 0.05) is 11.8 Å². The van der Waals surface area contributed by atoms with Gasteiger partial charge >= 0.3 is 0 Å². The molecule has 0 aliphatic carbocycles. The summed E-state index contributed by atoms with van der Waals surface area (Å²) in [5, 5.41) is 6.23. The number of nitrogens with two attached hydrogens (primary N) is 1. The van der Waals surface area contributed by atoms with Crippen molar-refractivity contribution in [1.82, 2.24) is 10.2 Å². The minimum absolute atomic E-state index is 0.116. The molecule has 4 N–H and O–H groups in total. The zero-order chi connectivity index (χ0) is 14.6. The predicted molar refractivity (Wildman–Crippen MR) is 76.5 cm³/mol. The summed E-state index contributed by atoms with van der Waals surface area (Å²) in [6, 6.07) is 4.96. The molecule has 0 spiro atoms. The van der Waals surface area contributed by atoms with Crippen molar-refractivity contribution in [3.63, 3.8) is 0 Å². The Morgan fingerprint density at radius 1 is 1.45 bits per heavy atom. The number of H-pyrrole nitrogens is 1. The standard InChI is InChI=1S/C13H14N4O2S/c1-10-4-5-13(11(7-10)3-2-6-14)20(18,19)17-12-8-15-16-9-12/h4-5,7-9,17H,6,14H2,1H3,(H,15,16). The zero-order valence-electron chi connectivity index (χ0n) is 10.8. The smallest absolute Gasteiger partial charge is 0.263 e. The predicted octanol–water partition coefficient (Wildman–Crippen LogP) is 0.829. The van der Waals surface area contributed by atoms with Gasteiger partial charge < -0.3 is 5.73 Å². The summed E-state index contributed by atoms with van der Waals surface area (Å²) in [5.41, 5.74) is 7.04. The Morgan fingerprint density at radius 3 is 2.90 bits per heavy atom. The number of aryl methyl sites for hydroxylation is 1. The molecule has 2 rings (SSSR count). The Kier molecular flexibility index (Phi) is 4.08. The largest absolute Gasteiger partial charge is 0.320 e. The fourth-order valence-electron chi connectivity index (χ4n) is 1.64. The van der Waals surface area contributed by atoms with E-state index in [1.54, 1.807) is 12.1 Å². The number of rotatable bonds is 3. The van der Waals surface area contributed by atoms with Crippen LogP contribution in [0.5, 0.6) is 0 Å². The molecular weight excluding hydrogens is 276 g/mol. The lowest BCUT2D eigenvalue weighted by Crippen LogP contribution is -2.14. The molecule has 0 bridgehead atoms. The fraction of sp³-hybridized carbons (Fsp3) is 0.154. The molecule has 2 aromatic rings. The summed E-state index contributed by atoms with van der Waals surface area (Å²) >= 11 is 0. The normalized spacial score (nSPS) is 10.7. The van der Waals surface area contributed by atoms with Gasteiger partial charge in [0.05, 0.1) is 18.4 Å². The van der Waals surface area contributed by atoms with Gasteiger partial charge in [-0.2, -0.15) is 5.10 Å². The SMILES string of the molecule is Cc1ccc(S(=O)(=O)Nc2cn[nH]c2)c(C#CCN)c1. The first-order valence-corrected chi connectivity index (χ1v) is 7.32. The number of aromatic nitrogens is 2. The van der Waals surface area contributed by atoms with Crippen molar-refractivity contribution in [2.24, 2.45) is 5.73 Å². The lowest BCUT2D eigenvalue weighted by molar-refractivity contribution is 0.601. The van der Waals surface area contributed by atoms with Gasteiger partial charge in [-0.05, 0) is 24.6 Å². The molecule has 0 amide bonds. The first-order chi connectivity index (χ1) is 9.53. The zero-order valence-corrected chi connectivity index (χ0v) is 11.7. The number of nitrogens with zero attached hydrogens (tertiary/aromatic N) is 1. The van der Waals surface area contributed by atoms with Crippen LogP contribution in [-0.4, -0.2) is 25.2 Å². The summed E-state index contributed by atoms with van der Waals surface area (Å²) in [6.45, 7) is 2.04. The van der Waals surface area contributed by atoms with Crippen LogP contribution >= 0.6 is 0 Å². The topological polar surface area (TPSA) is 101 Å². The summed E-state index contributed by atoms with van der Waals surface area (Å²) in [7, 11) is -3.71. The number of anilines is 1. The van der Waals surface area contributed by atoms with Gasteiger partial charge in [0.2, 0.25) is 0 Å². The summed E-state index contributed by atoms with van der Waals surface area (Å²) < 4.78 is 27.1. The van der Waals surface area contributed by atoms with E-state index in [-0.39, 0.29) is 11.4 Å². The van der Waals surface area contributed by atoms with E-state index >= 15 is 0 Å². The van der Waals surface area contributed by atoms with E-state index in [0.29, 0.717) is 11.3 Å². The van der Waals surface area contributed by atoms with Crippen LogP contribution in [0.1, 0.15) is 11.1 Å². The highest BCUT2D eigenvalue weighted by atomic mass is 32.2. The molecule has 20 heavy (non-hydrogen) atoms. The van der Waals surface area contributed by atoms with Crippen LogP contribution in [0.2, 0.25) is 0 Å². The van der Waals surface area contributed by atoms with Gasteiger partial charge in [0.1, 0.15) is 4.90 Å². The number of nitrogens with one attached hydrogen (secondary N) is 2. The highest BCUT2D eigenvalue weighted by Crippen LogP contribution is 2.19. The Balaban J connectivity index is 2.45. The lowest BCUT2D eigenvalue weighted by atomic mass is 10.1. The Morgan fingerprint density at radius 2 is 2.25 bits per heavy atom. The van der Waals surface area contributed by atoms with Crippen molar-refractivity contribution in [2.75, 3.05) is 11.3 Å². The molecule has 1 aromatic carbocycles. The van der Waals surface area contributed by atoms with Crippen molar-refractivity contribution < 1.29 is 8.42 Å². The summed E-state index contributed by atoms with van der Waals surface area (Å²) in [6.07, 6.45) is 2.84. The molecule has 0 unspecified atom stereocenters. The van der Waals surface area contributed by atoms with Crippen LogP contribution in [0.3, 0.4) is 0 Å². The number of benzene rings is 1. The third-order valence-corrected chi connectivity index (χ3v) is 3.94. The molecule has 0 saturated heterocycles. The van der Waals surface area contributed by atoms with Crippen LogP contribution in [0.15, 0.2) is 35.5 Å². The molecule has 0 fully saturated rings. The van der Waals surface area contributed by atoms with Crippen molar-refractivity contribution >= 4 is 15.7 Å². The molecule has 1 aromatic heterocycles. The molecule has 0 atom stereocenters. The van der Waals surface area contributed by atoms with Crippen molar-refractivity contribution in [3.05, 3.63) is 41.7 Å². The monoisotopic (exact) mass is 290 g/mol. The lowest BCUT2D eigenvalue weighted by Gasteiger charge is -2.08. The van der Waals surface area contributed by atoms with Crippen LogP contribution in [0, 0.1) is 18.8 Å². The van der Waals surface area contributed by atoms with E-state index in [2.05, 4.69) is 26.8 Å². The maximum absolute atomic E-state index is 12.3. The third-order valence-electron chi connectivity index (χ3n) is 2.50. The molecule has 0 radical (unpaired) electrons. The minimum Gasteiger partial charge on any atom is -0.320 e. The van der Waals surface area contributed by atoms with Gasteiger partial charge in [0.15, 0.2) is 0 Å². The van der Waals surface area contributed by atoms with E-state index in [0.717, 1.165) is 5.56 Å². The molecule has 0 saturated carbocycles. The molecule has 1 heterocycles. The second-order valence-corrected chi connectivity index (χ2v) is 5.75. The number of sulfonamides is 1. The summed E-state index contributed by atoms with van der Waals surface area (Å²) in [5.74, 6) is 5.45. The molecule has 6 nitrogen and oxygen atoms in total. The molecular formula is C13H14N4O2S. The summed E-state index contributed by atoms with van der Waals surface area (Å²) in [4.78, 5) is 0.116. The second kappa shape index (κ2) is 5.77. The maximum atomic E-state index is 12.3. The van der Waals surface area contributed by atoms with Crippen molar-refractivity contribution in [3.8, 4) is 11.8 Å². The van der Waals surface area contributed by atoms with Gasteiger partial charge in [-0.1, -0.05) is 17.9 Å². The van der Waals surface area contributed by atoms with Crippen molar-refractivity contribution in [2.45, 2.75) is 11.8 Å². The average molecular weight is 290 g/mol. The van der Waals surface area contributed by atoms with E-state index in [1.165, 1.54) is 18.5 Å². The molecule has 0 aliphatic heterocycles. The third kappa shape index (κ3) is 3.17. The average Bonchev–Trinajstić information content (AvgIpc) is 2.88. The van der Waals surface area contributed by atoms with Gasteiger partial charge in [-0.15, -0.1) is 0 Å². The van der Waals surface area contributed by atoms with Crippen LogP contribution in [0.4, 0.5) is 5.69 Å². The van der Waals surface area contributed by atoms with Crippen molar-refractivity contribution in [1.29, 1.82) is 0 Å². The van der Waals surface area contributed by atoms with Crippen LogP contribution in [-0.2, 0) is 10.0 Å². The van der Waals surface area contributed by atoms with E-state index in [1.807, 2.05) is 6.92 Å². The van der Waals surface area contributed by atoms with Crippen LogP contribution in [0.25, 0.3) is 0 Å².